The summed E-state index contributed by atoms with van der Waals surface area (Å²) in [6.45, 7) is 8.52. The highest BCUT2D eigenvalue weighted by molar-refractivity contribution is 5.69. The molecule has 176 valence electrons. The van der Waals surface area contributed by atoms with Gasteiger partial charge in [0, 0.05) is 18.8 Å². The summed E-state index contributed by atoms with van der Waals surface area (Å²) in [5, 5.41) is 10.3. The van der Waals surface area contributed by atoms with Crippen LogP contribution in [0.4, 0.5) is 0 Å². The maximum atomic E-state index is 12.2. The summed E-state index contributed by atoms with van der Waals surface area (Å²) < 4.78 is 11.1. The minimum Gasteiger partial charge on any atom is -0.469 e. The van der Waals surface area contributed by atoms with Gasteiger partial charge >= 0.3 is 11.9 Å². The first kappa shape index (κ1) is 23.1. The molecule has 5 heteroatoms. The predicted molar refractivity (Wildman–Crippen MR) is 118 cm³/mol. The molecule has 0 heterocycles. The van der Waals surface area contributed by atoms with Crippen molar-refractivity contribution in [1.82, 2.24) is 0 Å². The first-order valence-electron chi connectivity index (χ1n) is 12.5. The van der Waals surface area contributed by atoms with Gasteiger partial charge in [0.05, 0.1) is 13.2 Å². The fourth-order valence-corrected chi connectivity index (χ4v) is 9.00. The second kappa shape index (κ2) is 8.35. The van der Waals surface area contributed by atoms with E-state index in [4.69, 9.17) is 9.47 Å². The monoisotopic (exact) mass is 434 g/mol. The van der Waals surface area contributed by atoms with Crippen LogP contribution in [-0.2, 0) is 19.1 Å². The summed E-state index contributed by atoms with van der Waals surface area (Å²) in [5.41, 5.74) is 0.148. The zero-order valence-corrected chi connectivity index (χ0v) is 20.1. The van der Waals surface area contributed by atoms with Gasteiger partial charge in [-0.15, -0.1) is 0 Å². The van der Waals surface area contributed by atoms with E-state index in [-0.39, 0.29) is 40.9 Å². The molecule has 4 saturated carbocycles. The van der Waals surface area contributed by atoms with Gasteiger partial charge in [0.1, 0.15) is 6.10 Å². The molecule has 5 nitrogen and oxygen atoms in total. The van der Waals surface area contributed by atoms with E-state index in [2.05, 4.69) is 20.8 Å². The van der Waals surface area contributed by atoms with Gasteiger partial charge in [-0.05, 0) is 92.3 Å². The topological polar surface area (TPSA) is 72.8 Å². The number of hydrogen-bond donors (Lipinski definition) is 1. The van der Waals surface area contributed by atoms with E-state index >= 15 is 0 Å². The van der Waals surface area contributed by atoms with E-state index in [1.54, 1.807) is 0 Å². The van der Waals surface area contributed by atoms with Crippen molar-refractivity contribution < 1.29 is 24.2 Å². The Morgan fingerprint density at radius 1 is 1.06 bits per heavy atom. The van der Waals surface area contributed by atoms with Gasteiger partial charge in [0.25, 0.3) is 0 Å². The Bertz CT molecular complexity index is 706. The maximum absolute atomic E-state index is 12.2. The molecule has 0 aromatic carbocycles. The Hall–Kier alpha value is -1.10. The maximum Gasteiger partial charge on any atom is 0.305 e. The van der Waals surface area contributed by atoms with Gasteiger partial charge in [-0.25, -0.2) is 0 Å². The number of hydrogen-bond acceptors (Lipinski definition) is 5. The molecule has 0 spiro atoms. The molecule has 0 aliphatic heterocycles. The zero-order chi connectivity index (χ0) is 22.6. The average Bonchev–Trinajstić information content (AvgIpc) is 3.07. The number of esters is 2. The number of ether oxygens (including phenoxy) is 2. The van der Waals surface area contributed by atoms with Crippen LogP contribution in [-0.4, -0.2) is 36.4 Å². The third-order valence-electron chi connectivity index (χ3n) is 10.5. The zero-order valence-electron chi connectivity index (χ0n) is 20.1. The van der Waals surface area contributed by atoms with Crippen LogP contribution in [0.1, 0.15) is 85.5 Å². The number of fused-ring (bicyclic) bond motifs is 5. The molecular weight excluding hydrogens is 392 g/mol. The highest BCUT2D eigenvalue weighted by Crippen LogP contribution is 2.68. The van der Waals surface area contributed by atoms with Gasteiger partial charge in [-0.1, -0.05) is 20.8 Å². The minimum absolute atomic E-state index is 0.0857. The van der Waals surface area contributed by atoms with Crippen molar-refractivity contribution >= 4 is 11.9 Å². The largest absolute Gasteiger partial charge is 0.469 e. The SMILES string of the molecule is COC(=O)C[C@H](C)[C@@H]1CC[C@@H]2[C@@H]3CC[C@H]4C[C@H](O)CC[C@]4(C)[C@@H]3C[C@H](OC(C)=O)[C@@]21C. The van der Waals surface area contributed by atoms with Crippen LogP contribution in [0.3, 0.4) is 0 Å². The summed E-state index contributed by atoms with van der Waals surface area (Å²) in [6.07, 6.45) is 8.73. The summed E-state index contributed by atoms with van der Waals surface area (Å²) in [4.78, 5) is 24.2. The number of methoxy groups -OCH3 is 1. The Morgan fingerprint density at radius 3 is 2.48 bits per heavy atom. The molecule has 31 heavy (non-hydrogen) atoms. The number of aliphatic hydroxyl groups excluding tert-OH is 1. The molecule has 0 saturated heterocycles. The van der Waals surface area contributed by atoms with E-state index < -0.39 is 0 Å². The summed E-state index contributed by atoms with van der Waals surface area (Å²) in [6, 6.07) is 0. The van der Waals surface area contributed by atoms with Crippen LogP contribution < -0.4 is 0 Å². The fourth-order valence-electron chi connectivity index (χ4n) is 9.00. The Morgan fingerprint density at radius 2 is 1.81 bits per heavy atom. The van der Waals surface area contributed by atoms with Crippen molar-refractivity contribution in [3.63, 3.8) is 0 Å². The van der Waals surface area contributed by atoms with Crippen molar-refractivity contribution in [3.8, 4) is 0 Å². The molecular formula is C26H42O5. The molecule has 0 aromatic rings. The van der Waals surface area contributed by atoms with Gasteiger partial charge in [-0.2, -0.15) is 0 Å². The second-order valence-corrected chi connectivity index (χ2v) is 11.7. The Balaban J connectivity index is 1.66. The van der Waals surface area contributed by atoms with Crippen LogP contribution in [0.2, 0.25) is 0 Å². The molecule has 0 radical (unpaired) electrons. The first-order valence-corrected chi connectivity index (χ1v) is 12.5. The van der Waals surface area contributed by atoms with Gasteiger partial charge in [-0.3, -0.25) is 9.59 Å². The van der Waals surface area contributed by atoms with Crippen LogP contribution in [0.15, 0.2) is 0 Å². The molecule has 4 fully saturated rings. The third-order valence-corrected chi connectivity index (χ3v) is 10.5. The second-order valence-electron chi connectivity index (χ2n) is 11.7. The quantitative estimate of drug-likeness (QED) is 0.647. The van der Waals surface area contributed by atoms with E-state index in [1.165, 1.54) is 26.9 Å². The van der Waals surface area contributed by atoms with E-state index in [9.17, 15) is 14.7 Å². The van der Waals surface area contributed by atoms with Crippen molar-refractivity contribution in [3.05, 3.63) is 0 Å². The highest BCUT2D eigenvalue weighted by Gasteiger charge is 2.65. The van der Waals surface area contributed by atoms with Gasteiger partial charge in [0.2, 0.25) is 0 Å². The van der Waals surface area contributed by atoms with Crippen molar-refractivity contribution in [2.75, 3.05) is 7.11 Å². The molecule has 0 aromatic heterocycles. The molecule has 1 N–H and O–H groups in total. The van der Waals surface area contributed by atoms with Crippen molar-refractivity contribution in [2.24, 2.45) is 46.3 Å². The van der Waals surface area contributed by atoms with Gasteiger partial charge in [0.15, 0.2) is 0 Å². The number of aliphatic hydroxyl groups is 1. The summed E-state index contributed by atoms with van der Waals surface area (Å²) in [5.74, 6) is 2.56. The summed E-state index contributed by atoms with van der Waals surface area (Å²) in [7, 11) is 1.46. The van der Waals surface area contributed by atoms with Crippen LogP contribution in [0.25, 0.3) is 0 Å². The predicted octanol–water partition coefficient (Wildman–Crippen LogP) is 4.75. The molecule has 0 amide bonds. The normalized spacial score (nSPS) is 47.5. The van der Waals surface area contributed by atoms with Crippen molar-refractivity contribution in [2.45, 2.75) is 97.7 Å². The van der Waals surface area contributed by atoms with Crippen LogP contribution in [0, 0.1) is 46.3 Å². The summed E-state index contributed by atoms with van der Waals surface area (Å²) >= 11 is 0. The van der Waals surface area contributed by atoms with E-state index in [0.717, 1.165) is 38.5 Å². The fraction of sp³-hybridized carbons (Fsp3) is 0.923. The molecule has 4 aliphatic rings. The molecule has 4 rings (SSSR count). The molecule has 0 unspecified atom stereocenters. The Labute approximate surface area is 187 Å². The van der Waals surface area contributed by atoms with E-state index in [0.29, 0.717) is 36.0 Å². The lowest BCUT2D eigenvalue weighted by Gasteiger charge is -2.62. The van der Waals surface area contributed by atoms with Gasteiger partial charge < -0.3 is 14.6 Å². The smallest absolute Gasteiger partial charge is 0.305 e. The molecule has 0 bridgehead atoms. The standard InChI is InChI=1S/C26H42O5/c1-15(12-24(29)30-5)20-8-9-21-19-7-6-17-13-18(28)10-11-25(17,3)22(19)14-23(26(20,21)4)31-16(2)27/h15,17-23,28H,6-14H2,1-5H3/t15-,17-,18+,19-,20-,21+,22+,23-,25-,26+/m0/s1. The first-order chi connectivity index (χ1) is 14.6. The molecule has 10 atom stereocenters. The average molecular weight is 435 g/mol. The lowest BCUT2D eigenvalue weighted by molar-refractivity contribution is -0.196. The minimum atomic E-state index is -0.189. The number of carbonyl (C=O) groups is 2. The van der Waals surface area contributed by atoms with Crippen LogP contribution >= 0.6 is 0 Å². The Kier molecular flexibility index (Phi) is 6.22. The lowest BCUT2D eigenvalue weighted by atomic mass is 9.43. The van der Waals surface area contributed by atoms with Crippen LogP contribution in [0.5, 0.6) is 0 Å². The van der Waals surface area contributed by atoms with E-state index in [1.807, 2.05) is 0 Å². The van der Waals surface area contributed by atoms with Crippen molar-refractivity contribution in [1.29, 1.82) is 0 Å². The number of carbonyl (C=O) groups excluding carboxylic acids is 2. The lowest BCUT2D eigenvalue weighted by Crippen LogP contribution is -2.59. The highest BCUT2D eigenvalue weighted by atomic mass is 16.5. The number of rotatable bonds is 4. The third kappa shape index (κ3) is 3.73. The molecule has 4 aliphatic carbocycles.